The average molecular weight is 321 g/mol. The first-order valence-corrected chi connectivity index (χ1v) is 7.74. The second-order valence-corrected chi connectivity index (χ2v) is 6.77. The molecule has 2 fully saturated rings. The number of amides is 2. The van der Waals surface area contributed by atoms with E-state index in [1.807, 2.05) is 27.7 Å². The van der Waals surface area contributed by atoms with Crippen molar-refractivity contribution in [1.29, 1.82) is 0 Å². The molecule has 0 aromatic heterocycles. The molecule has 23 heavy (non-hydrogen) atoms. The van der Waals surface area contributed by atoms with Crippen molar-refractivity contribution in [3.63, 3.8) is 0 Å². The molecule has 3 heterocycles. The van der Waals surface area contributed by atoms with Gasteiger partial charge in [0.05, 0.1) is 6.17 Å². The second-order valence-electron chi connectivity index (χ2n) is 6.77. The first-order valence-electron chi connectivity index (χ1n) is 7.74. The molecule has 7 heteroatoms. The van der Waals surface area contributed by atoms with Gasteiger partial charge in [-0.1, -0.05) is 12.8 Å². The number of carbonyl (C=O) groups excluding carboxylic acids is 1. The zero-order valence-corrected chi connectivity index (χ0v) is 13.8. The molecule has 0 aromatic rings. The number of carbonyl (C=O) groups is 1. The van der Waals surface area contributed by atoms with Gasteiger partial charge in [-0.15, -0.1) is 6.42 Å². The fourth-order valence-electron chi connectivity index (χ4n) is 3.64. The van der Waals surface area contributed by atoms with Crippen LogP contribution in [0.25, 0.3) is 0 Å². The van der Waals surface area contributed by atoms with E-state index < -0.39 is 35.5 Å². The topological polar surface area (TPSA) is 86.1 Å². The zero-order chi connectivity index (χ0) is 17.0. The summed E-state index contributed by atoms with van der Waals surface area (Å²) < 4.78 is 18.3. The molecule has 0 spiro atoms. The van der Waals surface area contributed by atoms with E-state index in [2.05, 4.69) is 11.2 Å². The van der Waals surface area contributed by atoms with Crippen LogP contribution in [0.4, 0.5) is 4.79 Å². The standard InChI is InChI=1S/C16H23N3O4/c1-6-16(7-2)11-15(5,23-14(3,4)21-11)12(22-16)19-9-8-10(17)18-13(19)20/h1,8-12H,7,17H2,2-5H3,(H,18,20)/t10?,11-,12+,15+,16+/m0/s1. The quantitative estimate of drug-likeness (QED) is 0.737. The zero-order valence-electron chi connectivity index (χ0n) is 13.8. The van der Waals surface area contributed by atoms with Crippen molar-refractivity contribution < 1.29 is 19.0 Å². The lowest BCUT2D eigenvalue weighted by Gasteiger charge is -2.37. The number of nitrogens with one attached hydrogen (secondary N) is 1. The summed E-state index contributed by atoms with van der Waals surface area (Å²) in [5.74, 6) is 1.91. The molecule has 126 valence electrons. The Bertz CT molecular complexity index is 599. The lowest BCUT2D eigenvalue weighted by molar-refractivity contribution is -0.226. The van der Waals surface area contributed by atoms with Gasteiger partial charge in [0.25, 0.3) is 0 Å². The van der Waals surface area contributed by atoms with Crippen LogP contribution >= 0.6 is 0 Å². The number of urea groups is 1. The molecule has 0 saturated carbocycles. The van der Waals surface area contributed by atoms with Gasteiger partial charge in [0, 0.05) is 6.20 Å². The monoisotopic (exact) mass is 321 g/mol. The van der Waals surface area contributed by atoms with Crippen LogP contribution in [0.3, 0.4) is 0 Å². The van der Waals surface area contributed by atoms with Crippen molar-refractivity contribution >= 4 is 6.03 Å². The van der Waals surface area contributed by atoms with E-state index in [0.717, 1.165) is 0 Å². The molecule has 0 bridgehead atoms. The summed E-state index contributed by atoms with van der Waals surface area (Å²) in [6, 6.07) is -0.359. The summed E-state index contributed by atoms with van der Waals surface area (Å²) >= 11 is 0. The Labute approximate surface area is 136 Å². The number of ether oxygens (including phenoxy) is 3. The molecule has 3 aliphatic rings. The summed E-state index contributed by atoms with van der Waals surface area (Å²) in [5, 5.41) is 2.64. The van der Waals surface area contributed by atoms with Gasteiger partial charge in [-0.3, -0.25) is 4.90 Å². The van der Waals surface area contributed by atoms with E-state index in [1.54, 1.807) is 12.3 Å². The Hall–Kier alpha value is -1.59. The molecule has 0 aliphatic carbocycles. The number of hydrogen-bond donors (Lipinski definition) is 2. The number of terminal acetylenes is 1. The van der Waals surface area contributed by atoms with E-state index in [0.29, 0.717) is 6.42 Å². The maximum Gasteiger partial charge on any atom is 0.325 e. The number of rotatable bonds is 2. The fourth-order valence-corrected chi connectivity index (χ4v) is 3.64. The largest absolute Gasteiger partial charge is 0.340 e. The lowest BCUT2D eigenvalue weighted by atomic mass is 9.86. The average Bonchev–Trinajstić information content (AvgIpc) is 2.84. The van der Waals surface area contributed by atoms with Gasteiger partial charge in [-0.25, -0.2) is 4.79 Å². The van der Waals surface area contributed by atoms with Crippen molar-refractivity contribution in [3.05, 3.63) is 12.3 Å². The molecular formula is C16H23N3O4. The van der Waals surface area contributed by atoms with Gasteiger partial charge in [-0.05, 0) is 33.3 Å². The van der Waals surface area contributed by atoms with Gasteiger partial charge < -0.3 is 25.3 Å². The summed E-state index contributed by atoms with van der Waals surface area (Å²) in [6.45, 7) is 7.44. The predicted octanol–water partition coefficient (Wildman–Crippen LogP) is 0.859. The van der Waals surface area contributed by atoms with E-state index in [4.69, 9.17) is 26.4 Å². The first kappa shape index (κ1) is 16.3. The summed E-state index contributed by atoms with van der Waals surface area (Å²) in [7, 11) is 0. The number of hydrogen-bond acceptors (Lipinski definition) is 5. The molecule has 2 saturated heterocycles. The van der Waals surface area contributed by atoms with E-state index >= 15 is 0 Å². The predicted molar refractivity (Wildman–Crippen MR) is 82.7 cm³/mol. The normalized spacial score (nSPS) is 44.8. The Morgan fingerprint density at radius 2 is 2.13 bits per heavy atom. The Morgan fingerprint density at radius 3 is 2.70 bits per heavy atom. The molecule has 3 N–H and O–H groups in total. The smallest absolute Gasteiger partial charge is 0.325 e. The minimum Gasteiger partial charge on any atom is -0.340 e. The van der Waals surface area contributed by atoms with Gasteiger partial charge in [-0.2, -0.15) is 0 Å². The molecule has 5 atom stereocenters. The summed E-state index contributed by atoms with van der Waals surface area (Å²) in [4.78, 5) is 13.8. The van der Waals surface area contributed by atoms with Crippen molar-refractivity contribution in [3.8, 4) is 12.3 Å². The highest BCUT2D eigenvalue weighted by molar-refractivity contribution is 5.77. The van der Waals surface area contributed by atoms with Crippen LogP contribution in [-0.2, 0) is 14.2 Å². The van der Waals surface area contributed by atoms with E-state index in [-0.39, 0.29) is 6.03 Å². The van der Waals surface area contributed by atoms with Crippen LogP contribution in [-0.4, -0.2) is 46.4 Å². The first-order chi connectivity index (χ1) is 10.7. The van der Waals surface area contributed by atoms with Crippen molar-refractivity contribution in [1.82, 2.24) is 10.2 Å². The Balaban J connectivity index is 2.03. The third-order valence-corrected chi connectivity index (χ3v) is 4.62. The third kappa shape index (κ3) is 2.25. The molecule has 1 unspecified atom stereocenters. The maximum absolute atomic E-state index is 12.3. The van der Waals surface area contributed by atoms with E-state index in [9.17, 15) is 4.79 Å². The number of nitrogens with two attached hydrogens (primary N) is 1. The van der Waals surface area contributed by atoms with Crippen LogP contribution < -0.4 is 11.1 Å². The number of fused-ring (bicyclic) bond motifs is 1. The minimum absolute atomic E-state index is 0.359. The van der Waals surface area contributed by atoms with E-state index in [1.165, 1.54) is 4.90 Å². The highest BCUT2D eigenvalue weighted by Gasteiger charge is 2.70. The Kier molecular flexibility index (Phi) is 3.50. The van der Waals surface area contributed by atoms with Crippen LogP contribution in [0.5, 0.6) is 0 Å². The van der Waals surface area contributed by atoms with Crippen LogP contribution in [0.2, 0.25) is 0 Å². The molecular weight excluding hydrogens is 298 g/mol. The molecule has 0 aromatic carbocycles. The van der Waals surface area contributed by atoms with Crippen LogP contribution in [0, 0.1) is 12.3 Å². The summed E-state index contributed by atoms with van der Waals surface area (Å²) in [5.41, 5.74) is 3.85. The molecule has 7 nitrogen and oxygen atoms in total. The maximum atomic E-state index is 12.3. The molecule has 3 rings (SSSR count). The van der Waals surface area contributed by atoms with Crippen LogP contribution in [0.1, 0.15) is 34.1 Å². The van der Waals surface area contributed by atoms with Crippen LogP contribution in [0.15, 0.2) is 12.3 Å². The number of nitrogens with zero attached hydrogens (tertiary/aromatic N) is 1. The third-order valence-electron chi connectivity index (χ3n) is 4.62. The second kappa shape index (κ2) is 4.95. The minimum atomic E-state index is -0.957. The molecule has 3 aliphatic heterocycles. The van der Waals surface area contributed by atoms with Gasteiger partial charge in [0.15, 0.2) is 17.6 Å². The van der Waals surface area contributed by atoms with Crippen molar-refractivity contribution in [2.45, 2.75) is 69.6 Å². The van der Waals surface area contributed by atoms with Gasteiger partial charge in [0.2, 0.25) is 0 Å². The van der Waals surface area contributed by atoms with Crippen molar-refractivity contribution in [2.24, 2.45) is 5.73 Å². The lowest BCUT2D eigenvalue weighted by Crippen LogP contribution is -2.58. The molecule has 0 radical (unpaired) electrons. The fraction of sp³-hybridized carbons (Fsp3) is 0.688. The summed E-state index contributed by atoms with van der Waals surface area (Å²) in [6.07, 6.45) is 7.86. The highest BCUT2D eigenvalue weighted by Crippen LogP contribution is 2.52. The molecule has 2 amide bonds. The Morgan fingerprint density at radius 1 is 1.43 bits per heavy atom. The van der Waals surface area contributed by atoms with Gasteiger partial charge in [0.1, 0.15) is 11.7 Å². The highest BCUT2D eigenvalue weighted by atomic mass is 16.8. The van der Waals surface area contributed by atoms with Crippen molar-refractivity contribution in [2.75, 3.05) is 0 Å². The SMILES string of the molecule is C#C[C@]1(CC)O[C@@H](N2C=CC(N)NC2=O)[C@]2(C)OC(C)(C)O[C@@H]21. The van der Waals surface area contributed by atoms with Gasteiger partial charge >= 0.3 is 6.03 Å².